The van der Waals surface area contributed by atoms with E-state index in [0.717, 1.165) is 66.3 Å². The maximum absolute atomic E-state index is 11.7. The van der Waals surface area contributed by atoms with Gasteiger partial charge >= 0.3 is 0 Å². The Hall–Kier alpha value is -4.23. The van der Waals surface area contributed by atoms with Crippen LogP contribution in [0, 0.1) is 11.3 Å². The highest BCUT2D eigenvalue weighted by Crippen LogP contribution is 2.34. The van der Waals surface area contributed by atoms with Crippen LogP contribution in [0.15, 0.2) is 60.8 Å². The lowest BCUT2D eigenvalue weighted by atomic mass is 10.0. The summed E-state index contributed by atoms with van der Waals surface area (Å²) in [5.74, 6) is 0.267. The molecule has 6 rings (SSSR count). The second kappa shape index (κ2) is 12.1. The molecule has 4 aromatic rings. The summed E-state index contributed by atoms with van der Waals surface area (Å²) < 4.78 is 11.7. The van der Waals surface area contributed by atoms with Crippen LogP contribution in [0.1, 0.15) is 24.0 Å². The van der Waals surface area contributed by atoms with Crippen molar-refractivity contribution >= 4 is 16.8 Å². The predicted octanol–water partition coefficient (Wildman–Crippen LogP) is 3.96. The number of ether oxygens (including phenoxy) is 2. The summed E-state index contributed by atoms with van der Waals surface area (Å²) in [7, 11) is 0. The molecule has 0 saturated carbocycles. The normalized spacial score (nSPS) is 16.5. The van der Waals surface area contributed by atoms with E-state index in [2.05, 4.69) is 51.3 Å². The molecule has 9 nitrogen and oxygen atoms in total. The zero-order valence-corrected chi connectivity index (χ0v) is 22.9. The Morgan fingerprint density at radius 3 is 2.68 bits per heavy atom. The molecule has 0 bridgehead atoms. The fourth-order valence-electron chi connectivity index (χ4n) is 5.66. The Balaban J connectivity index is 1.22. The third kappa shape index (κ3) is 5.95. The van der Waals surface area contributed by atoms with Crippen molar-refractivity contribution < 1.29 is 19.4 Å². The SMILES string of the molecule is N#Cc1cc(-c2nccc3[nH]c(-c4cccc(CN5CCOCC5)c4)cc23)ccc1OC1CCN(C(=O)CO)CC1. The Morgan fingerprint density at radius 1 is 1.07 bits per heavy atom. The number of hydrogen-bond acceptors (Lipinski definition) is 7. The molecule has 0 spiro atoms. The molecule has 9 heteroatoms. The summed E-state index contributed by atoms with van der Waals surface area (Å²) in [6.07, 6.45) is 2.99. The van der Waals surface area contributed by atoms with Crippen LogP contribution in [0.5, 0.6) is 5.75 Å². The molecule has 2 aliphatic heterocycles. The average Bonchev–Trinajstić information content (AvgIpc) is 3.47. The minimum Gasteiger partial charge on any atom is -0.489 e. The highest BCUT2D eigenvalue weighted by molar-refractivity contribution is 5.96. The molecule has 2 fully saturated rings. The first kappa shape index (κ1) is 27.0. The van der Waals surface area contributed by atoms with Gasteiger partial charge in [-0.05, 0) is 47.5 Å². The zero-order chi connectivity index (χ0) is 28.2. The van der Waals surface area contributed by atoms with E-state index in [1.807, 2.05) is 24.3 Å². The second-order valence-corrected chi connectivity index (χ2v) is 10.6. The largest absolute Gasteiger partial charge is 0.489 e. The molecule has 0 unspecified atom stereocenters. The van der Waals surface area contributed by atoms with E-state index in [-0.39, 0.29) is 12.0 Å². The van der Waals surface area contributed by atoms with Gasteiger partial charge in [0.05, 0.1) is 24.5 Å². The fourth-order valence-corrected chi connectivity index (χ4v) is 5.66. The first-order chi connectivity index (χ1) is 20.1. The number of morpholine rings is 1. The van der Waals surface area contributed by atoms with Crippen molar-refractivity contribution in [1.82, 2.24) is 19.8 Å². The van der Waals surface area contributed by atoms with E-state index in [1.165, 1.54) is 5.56 Å². The molecule has 210 valence electrons. The average molecular weight is 552 g/mol. The number of aromatic amines is 1. The summed E-state index contributed by atoms with van der Waals surface area (Å²) in [6, 6.07) is 20.6. The number of H-pyrrole nitrogens is 1. The quantitative estimate of drug-likeness (QED) is 0.357. The van der Waals surface area contributed by atoms with Crippen LogP contribution in [0.4, 0.5) is 0 Å². The number of aromatic nitrogens is 2. The van der Waals surface area contributed by atoms with Gasteiger partial charge in [0, 0.05) is 73.9 Å². The number of nitriles is 1. The summed E-state index contributed by atoms with van der Waals surface area (Å²) in [4.78, 5) is 24.0. The van der Waals surface area contributed by atoms with E-state index in [4.69, 9.17) is 14.6 Å². The third-order valence-electron chi connectivity index (χ3n) is 7.89. The van der Waals surface area contributed by atoms with Crippen LogP contribution in [0.25, 0.3) is 33.4 Å². The van der Waals surface area contributed by atoms with Crippen molar-refractivity contribution in [2.75, 3.05) is 46.0 Å². The molecule has 2 aliphatic rings. The molecule has 2 saturated heterocycles. The van der Waals surface area contributed by atoms with E-state index >= 15 is 0 Å². The Bertz CT molecular complexity index is 1580. The van der Waals surface area contributed by atoms with Gasteiger partial charge in [0.2, 0.25) is 5.91 Å². The molecular weight excluding hydrogens is 518 g/mol. The number of rotatable bonds is 7. The van der Waals surface area contributed by atoms with Gasteiger partial charge in [0.15, 0.2) is 0 Å². The summed E-state index contributed by atoms with van der Waals surface area (Å²) in [5, 5.41) is 20.0. The topological polar surface area (TPSA) is 115 Å². The summed E-state index contributed by atoms with van der Waals surface area (Å²) in [6.45, 7) is 4.95. The number of hydrogen-bond donors (Lipinski definition) is 2. The van der Waals surface area contributed by atoms with Crippen molar-refractivity contribution in [1.29, 1.82) is 5.26 Å². The number of aliphatic hydroxyl groups excluding tert-OH is 1. The highest BCUT2D eigenvalue weighted by Gasteiger charge is 2.24. The number of carbonyl (C=O) groups is 1. The third-order valence-corrected chi connectivity index (χ3v) is 7.89. The Labute approximate surface area is 238 Å². The van der Waals surface area contributed by atoms with Crippen LogP contribution in [-0.2, 0) is 16.1 Å². The number of carbonyl (C=O) groups excluding carboxylic acids is 1. The minimum absolute atomic E-state index is 0.0940. The molecule has 0 radical (unpaired) electrons. The van der Waals surface area contributed by atoms with Crippen LogP contribution >= 0.6 is 0 Å². The smallest absolute Gasteiger partial charge is 0.248 e. The molecule has 0 atom stereocenters. The highest BCUT2D eigenvalue weighted by atomic mass is 16.5. The lowest BCUT2D eigenvalue weighted by molar-refractivity contribution is -0.135. The number of likely N-dealkylation sites (tertiary alicyclic amines) is 1. The maximum Gasteiger partial charge on any atom is 0.248 e. The van der Waals surface area contributed by atoms with Crippen molar-refractivity contribution in [2.24, 2.45) is 0 Å². The van der Waals surface area contributed by atoms with Crippen LogP contribution < -0.4 is 4.74 Å². The molecule has 4 heterocycles. The molecule has 41 heavy (non-hydrogen) atoms. The standard InChI is InChI=1S/C32H33N5O4/c33-19-25-17-24(4-5-30(25)41-26-7-10-37(11-8-26)31(39)21-38)32-27-18-29(35-28(27)6-9-34-32)23-3-1-2-22(16-23)20-36-12-14-40-15-13-36/h1-6,9,16-18,26,35,38H,7-8,10-15,20-21H2. The van der Waals surface area contributed by atoms with E-state index in [9.17, 15) is 10.1 Å². The number of aliphatic hydroxyl groups is 1. The Kier molecular flexibility index (Phi) is 7.96. The fraction of sp³-hybridized carbons (Fsp3) is 0.344. The number of piperidine rings is 1. The van der Waals surface area contributed by atoms with Crippen LogP contribution in [0.3, 0.4) is 0 Å². The van der Waals surface area contributed by atoms with Gasteiger partial charge in [0.1, 0.15) is 24.5 Å². The lowest BCUT2D eigenvalue weighted by Gasteiger charge is -2.32. The number of pyridine rings is 1. The van der Waals surface area contributed by atoms with Crippen molar-refractivity contribution in [2.45, 2.75) is 25.5 Å². The molecule has 2 N–H and O–H groups in total. The summed E-state index contributed by atoms with van der Waals surface area (Å²) >= 11 is 0. The van der Waals surface area contributed by atoms with Gasteiger partial charge < -0.3 is 24.5 Å². The van der Waals surface area contributed by atoms with Crippen LogP contribution in [-0.4, -0.2) is 82.9 Å². The predicted molar refractivity (Wildman–Crippen MR) is 155 cm³/mol. The number of amides is 1. The van der Waals surface area contributed by atoms with Gasteiger partial charge in [-0.1, -0.05) is 18.2 Å². The zero-order valence-electron chi connectivity index (χ0n) is 22.9. The van der Waals surface area contributed by atoms with Gasteiger partial charge in [0.25, 0.3) is 0 Å². The lowest BCUT2D eigenvalue weighted by Crippen LogP contribution is -2.42. The molecule has 0 aliphatic carbocycles. The number of nitrogens with zero attached hydrogens (tertiary/aromatic N) is 4. The molecule has 2 aromatic heterocycles. The monoisotopic (exact) mass is 551 g/mol. The van der Waals surface area contributed by atoms with Crippen LogP contribution in [0.2, 0.25) is 0 Å². The van der Waals surface area contributed by atoms with Crippen molar-refractivity contribution in [3.63, 3.8) is 0 Å². The van der Waals surface area contributed by atoms with Gasteiger partial charge in [-0.15, -0.1) is 0 Å². The summed E-state index contributed by atoms with van der Waals surface area (Å²) in [5.41, 5.74) is 6.47. The van der Waals surface area contributed by atoms with E-state index in [1.54, 1.807) is 11.1 Å². The van der Waals surface area contributed by atoms with E-state index in [0.29, 0.717) is 37.2 Å². The number of benzene rings is 2. The first-order valence-electron chi connectivity index (χ1n) is 14.1. The minimum atomic E-state index is -0.476. The van der Waals surface area contributed by atoms with Crippen molar-refractivity contribution in [3.05, 3.63) is 71.9 Å². The van der Waals surface area contributed by atoms with Gasteiger partial charge in [-0.3, -0.25) is 14.7 Å². The number of fused-ring (bicyclic) bond motifs is 1. The maximum atomic E-state index is 11.7. The van der Waals surface area contributed by atoms with E-state index < -0.39 is 6.61 Å². The first-order valence-corrected chi connectivity index (χ1v) is 14.1. The Morgan fingerprint density at radius 2 is 1.90 bits per heavy atom. The molecular formula is C32H33N5O4. The second-order valence-electron chi connectivity index (χ2n) is 10.6. The number of nitrogens with one attached hydrogen (secondary N) is 1. The molecule has 1 amide bonds. The van der Waals surface area contributed by atoms with Gasteiger partial charge in [-0.2, -0.15) is 5.26 Å². The molecule has 2 aromatic carbocycles. The van der Waals surface area contributed by atoms with Crippen molar-refractivity contribution in [3.8, 4) is 34.3 Å². The van der Waals surface area contributed by atoms with Gasteiger partial charge in [-0.25, -0.2) is 0 Å².